The van der Waals surface area contributed by atoms with E-state index >= 15 is 0 Å². The Kier molecular flexibility index (Phi) is 4.51. The molecule has 0 spiro atoms. The van der Waals surface area contributed by atoms with Crippen LogP contribution >= 0.6 is 0 Å². The molecular weight excluding hydrogens is 233 g/mol. The first-order valence-electron chi connectivity index (χ1n) is 4.99. The quantitative estimate of drug-likeness (QED) is 0.504. The van der Waals surface area contributed by atoms with E-state index in [1.165, 1.54) is 12.1 Å². The van der Waals surface area contributed by atoms with E-state index in [9.17, 15) is 13.2 Å². The molecule has 0 aliphatic rings. The van der Waals surface area contributed by atoms with Gasteiger partial charge >= 0.3 is 6.18 Å². The van der Waals surface area contributed by atoms with E-state index in [2.05, 4.69) is 5.16 Å². The minimum Gasteiger partial charge on any atom is -0.394 e. The van der Waals surface area contributed by atoms with Crippen LogP contribution in [0.2, 0.25) is 0 Å². The summed E-state index contributed by atoms with van der Waals surface area (Å²) in [5.41, 5.74) is 5.60. The van der Waals surface area contributed by atoms with Crippen LogP contribution in [0.15, 0.2) is 29.4 Å². The van der Waals surface area contributed by atoms with Crippen LogP contribution in [0.4, 0.5) is 13.2 Å². The Morgan fingerprint density at radius 2 is 1.88 bits per heavy atom. The van der Waals surface area contributed by atoms with Gasteiger partial charge in [0.05, 0.1) is 11.3 Å². The number of hydrogen-bond acceptors (Lipinski definition) is 3. The van der Waals surface area contributed by atoms with Gasteiger partial charge in [-0.05, 0) is 24.6 Å². The lowest BCUT2D eigenvalue weighted by Gasteiger charge is -2.07. The van der Waals surface area contributed by atoms with Gasteiger partial charge in [-0.25, -0.2) is 0 Å². The smallest absolute Gasteiger partial charge is 0.394 e. The summed E-state index contributed by atoms with van der Waals surface area (Å²) in [4.78, 5) is 4.84. The van der Waals surface area contributed by atoms with E-state index in [1.54, 1.807) is 6.92 Å². The van der Waals surface area contributed by atoms with E-state index in [1.807, 2.05) is 0 Å². The van der Waals surface area contributed by atoms with Gasteiger partial charge in [-0.15, -0.1) is 0 Å². The summed E-state index contributed by atoms with van der Waals surface area (Å²) in [6.07, 6.45) is -4.32. The molecule has 0 saturated heterocycles. The standard InChI is InChI=1S/C11H13F3N2O/c1-8(16-17-7-6-15)9-2-4-10(5-3-9)11(12,13)14/h2-5H,6-7,15H2,1H3/b16-8-. The third-order valence-corrected chi connectivity index (χ3v) is 2.04. The van der Waals surface area contributed by atoms with Gasteiger partial charge in [-0.1, -0.05) is 17.3 Å². The Bertz CT molecular complexity index is 385. The molecule has 0 aromatic heterocycles. The summed E-state index contributed by atoms with van der Waals surface area (Å²) in [5.74, 6) is 0. The van der Waals surface area contributed by atoms with Crippen molar-refractivity contribution in [3.05, 3.63) is 35.4 Å². The molecule has 17 heavy (non-hydrogen) atoms. The fourth-order valence-electron chi connectivity index (χ4n) is 1.15. The van der Waals surface area contributed by atoms with Crippen LogP contribution in [0.3, 0.4) is 0 Å². The molecule has 1 aromatic rings. The molecule has 0 aliphatic carbocycles. The molecule has 1 rings (SSSR count). The van der Waals surface area contributed by atoms with E-state index in [0.29, 0.717) is 17.8 Å². The monoisotopic (exact) mass is 246 g/mol. The Morgan fingerprint density at radius 1 is 1.29 bits per heavy atom. The van der Waals surface area contributed by atoms with Crippen LogP contribution < -0.4 is 5.73 Å². The Morgan fingerprint density at radius 3 is 2.35 bits per heavy atom. The molecule has 0 amide bonds. The Hall–Kier alpha value is -1.56. The van der Waals surface area contributed by atoms with Crippen molar-refractivity contribution in [1.29, 1.82) is 0 Å². The highest BCUT2D eigenvalue weighted by atomic mass is 19.4. The number of benzene rings is 1. The largest absolute Gasteiger partial charge is 0.416 e. The maximum atomic E-state index is 12.3. The first-order valence-corrected chi connectivity index (χ1v) is 4.99. The van der Waals surface area contributed by atoms with Crippen LogP contribution in [0.5, 0.6) is 0 Å². The second-order valence-electron chi connectivity index (χ2n) is 3.37. The van der Waals surface area contributed by atoms with E-state index in [4.69, 9.17) is 10.6 Å². The van der Waals surface area contributed by atoms with Crippen molar-refractivity contribution in [2.75, 3.05) is 13.2 Å². The average Bonchev–Trinajstić information content (AvgIpc) is 2.28. The molecule has 0 radical (unpaired) electrons. The maximum absolute atomic E-state index is 12.3. The molecule has 94 valence electrons. The van der Waals surface area contributed by atoms with Gasteiger partial charge in [0.2, 0.25) is 0 Å². The molecule has 6 heteroatoms. The van der Waals surface area contributed by atoms with Gasteiger partial charge in [0, 0.05) is 6.54 Å². The van der Waals surface area contributed by atoms with Gasteiger partial charge in [0.25, 0.3) is 0 Å². The lowest BCUT2D eigenvalue weighted by atomic mass is 10.1. The summed E-state index contributed by atoms with van der Waals surface area (Å²) in [7, 11) is 0. The summed E-state index contributed by atoms with van der Waals surface area (Å²) in [5, 5.41) is 3.73. The molecule has 0 atom stereocenters. The highest BCUT2D eigenvalue weighted by Gasteiger charge is 2.29. The minimum atomic E-state index is -4.32. The molecule has 1 aromatic carbocycles. The fourth-order valence-corrected chi connectivity index (χ4v) is 1.15. The number of rotatable bonds is 4. The van der Waals surface area contributed by atoms with Gasteiger partial charge in [-0.2, -0.15) is 13.2 Å². The first kappa shape index (κ1) is 13.5. The zero-order valence-corrected chi connectivity index (χ0v) is 9.29. The van der Waals surface area contributed by atoms with Gasteiger partial charge < -0.3 is 10.6 Å². The molecule has 0 unspecified atom stereocenters. The topological polar surface area (TPSA) is 47.6 Å². The van der Waals surface area contributed by atoms with Crippen LogP contribution in [0.1, 0.15) is 18.1 Å². The number of alkyl halides is 3. The van der Waals surface area contributed by atoms with E-state index in [0.717, 1.165) is 12.1 Å². The molecule has 3 nitrogen and oxygen atoms in total. The van der Waals surface area contributed by atoms with E-state index < -0.39 is 11.7 Å². The van der Waals surface area contributed by atoms with Gasteiger partial charge in [0.15, 0.2) is 0 Å². The first-order chi connectivity index (χ1) is 7.95. The van der Waals surface area contributed by atoms with Crippen molar-refractivity contribution in [3.8, 4) is 0 Å². The average molecular weight is 246 g/mol. The highest BCUT2D eigenvalue weighted by Crippen LogP contribution is 2.29. The highest BCUT2D eigenvalue weighted by molar-refractivity contribution is 5.98. The second-order valence-corrected chi connectivity index (χ2v) is 3.37. The molecule has 0 fully saturated rings. The fraction of sp³-hybridized carbons (Fsp3) is 0.364. The predicted octanol–water partition coefficient (Wildman–Crippen LogP) is 2.40. The molecule has 2 N–H and O–H groups in total. The van der Waals surface area contributed by atoms with Crippen LogP contribution in [0.25, 0.3) is 0 Å². The second kappa shape index (κ2) is 5.67. The molecule has 0 saturated carbocycles. The predicted molar refractivity (Wildman–Crippen MR) is 58.7 cm³/mol. The number of oxime groups is 1. The third-order valence-electron chi connectivity index (χ3n) is 2.04. The van der Waals surface area contributed by atoms with Crippen LogP contribution in [0, 0.1) is 0 Å². The molecule has 0 bridgehead atoms. The van der Waals surface area contributed by atoms with Crippen molar-refractivity contribution in [2.24, 2.45) is 10.9 Å². The van der Waals surface area contributed by atoms with Crippen molar-refractivity contribution in [1.82, 2.24) is 0 Å². The summed E-state index contributed by atoms with van der Waals surface area (Å²) in [6.45, 7) is 2.26. The molecule has 0 heterocycles. The lowest BCUT2D eigenvalue weighted by Crippen LogP contribution is -2.07. The SMILES string of the molecule is C/C(=N/OCCN)c1ccc(C(F)(F)F)cc1. The third kappa shape index (κ3) is 4.07. The van der Waals surface area contributed by atoms with Crippen molar-refractivity contribution < 1.29 is 18.0 Å². The zero-order chi connectivity index (χ0) is 12.9. The van der Waals surface area contributed by atoms with Gasteiger partial charge in [0.1, 0.15) is 6.61 Å². The van der Waals surface area contributed by atoms with Gasteiger partial charge in [-0.3, -0.25) is 0 Å². The van der Waals surface area contributed by atoms with Crippen molar-refractivity contribution in [2.45, 2.75) is 13.1 Å². The number of nitrogens with zero attached hydrogens (tertiary/aromatic N) is 1. The Labute approximate surface area is 97.1 Å². The van der Waals surface area contributed by atoms with Crippen molar-refractivity contribution >= 4 is 5.71 Å². The van der Waals surface area contributed by atoms with Crippen LogP contribution in [-0.4, -0.2) is 18.9 Å². The number of halogens is 3. The molecular formula is C11H13F3N2O. The van der Waals surface area contributed by atoms with Crippen molar-refractivity contribution in [3.63, 3.8) is 0 Å². The Balaban J connectivity index is 2.77. The lowest BCUT2D eigenvalue weighted by molar-refractivity contribution is -0.137. The van der Waals surface area contributed by atoms with Crippen LogP contribution in [-0.2, 0) is 11.0 Å². The summed E-state index contributed by atoms with van der Waals surface area (Å²) >= 11 is 0. The number of nitrogens with two attached hydrogens (primary N) is 1. The normalized spacial score (nSPS) is 12.6. The molecule has 0 aliphatic heterocycles. The van der Waals surface area contributed by atoms with E-state index in [-0.39, 0.29) is 6.61 Å². The maximum Gasteiger partial charge on any atom is 0.416 e. The summed E-state index contributed by atoms with van der Waals surface area (Å²) < 4.78 is 36.9. The zero-order valence-electron chi connectivity index (χ0n) is 9.29. The minimum absolute atomic E-state index is 0.276. The number of hydrogen-bond donors (Lipinski definition) is 1. The summed E-state index contributed by atoms with van der Waals surface area (Å²) in [6, 6.07) is 4.73.